The minimum absolute atomic E-state index is 0.1000. The van der Waals surface area contributed by atoms with Gasteiger partial charge in [-0.15, -0.1) is 0 Å². The molecule has 0 fully saturated rings. The first-order valence-corrected chi connectivity index (χ1v) is 29.9. The second-order valence-electron chi connectivity index (χ2n) is 23.0. The van der Waals surface area contributed by atoms with Gasteiger partial charge in [0.1, 0.15) is 0 Å². The number of nitrogens with zero attached hydrogens (tertiary/aromatic N) is 4. The summed E-state index contributed by atoms with van der Waals surface area (Å²) in [6, 6.07) is 37.4. The molecule has 16 rings (SSSR count). The quantitative estimate of drug-likeness (QED) is 0.0659. The van der Waals surface area contributed by atoms with Gasteiger partial charge in [0.25, 0.3) is 47.3 Å². The van der Waals surface area contributed by atoms with E-state index in [9.17, 15) is 38.4 Å². The van der Waals surface area contributed by atoms with Gasteiger partial charge in [-0.1, -0.05) is 107 Å². The van der Waals surface area contributed by atoms with Crippen LogP contribution in [-0.2, 0) is 17.6 Å². The van der Waals surface area contributed by atoms with Crippen molar-refractivity contribution < 1.29 is 43.1 Å². The van der Waals surface area contributed by atoms with Gasteiger partial charge >= 0.3 is 0 Å². The maximum Gasteiger partial charge on any atom is 0.261 e. The van der Waals surface area contributed by atoms with Crippen LogP contribution in [0.2, 0.25) is 20.1 Å². The van der Waals surface area contributed by atoms with Crippen molar-refractivity contribution in [1.29, 1.82) is 0 Å². The molecular formula is C70H42Cl4N4O9. The predicted octanol–water partition coefficient (Wildman–Crippen LogP) is 14.8. The summed E-state index contributed by atoms with van der Waals surface area (Å²) in [7, 11) is 0. The Morgan fingerprint density at radius 3 is 0.805 bits per heavy atom. The molecule has 87 heavy (non-hydrogen) atoms. The van der Waals surface area contributed by atoms with Crippen LogP contribution in [0, 0.1) is 0 Å². The SMILES string of the molecule is CC(COCC(C)N1C(=O)c2ccc3c4ccc5c6c(ccc(c7ccc(c2c37)C1=O)c64)C(=O)N(CCc1ccc(Cl)cc1Cl)C5=O)N1C(=O)c2ccc3c4ccc5c6c(ccc(c7ccc(c2c37)C1=O)c64)C(=O)N(CCc1ccc(Cl)cc1Cl)C5=O. The lowest BCUT2D eigenvalue weighted by Crippen LogP contribution is -2.49. The smallest absolute Gasteiger partial charge is 0.261 e. The van der Waals surface area contributed by atoms with Gasteiger partial charge in [0, 0.05) is 99.2 Å². The third-order valence-corrected chi connectivity index (χ3v) is 19.5. The summed E-state index contributed by atoms with van der Waals surface area (Å²) in [5, 5.41) is 13.0. The zero-order valence-corrected chi connectivity index (χ0v) is 49.1. The summed E-state index contributed by atoms with van der Waals surface area (Å²) >= 11 is 25.1. The van der Waals surface area contributed by atoms with Gasteiger partial charge in [0.2, 0.25) is 0 Å². The Kier molecular flexibility index (Phi) is 11.8. The number of benzene rings is 12. The Balaban J connectivity index is 0.646. The number of fused-ring (bicyclic) bond motifs is 4. The summed E-state index contributed by atoms with van der Waals surface area (Å²) < 4.78 is 6.23. The Morgan fingerprint density at radius 2 is 0.563 bits per heavy atom. The van der Waals surface area contributed by atoms with Gasteiger partial charge < -0.3 is 4.74 Å². The molecule has 17 heteroatoms. The maximum atomic E-state index is 14.7. The minimum Gasteiger partial charge on any atom is -0.377 e. The van der Waals surface area contributed by atoms with Crippen molar-refractivity contribution in [3.63, 3.8) is 0 Å². The highest BCUT2D eigenvalue weighted by Crippen LogP contribution is 2.49. The first-order valence-electron chi connectivity index (χ1n) is 28.3. The lowest BCUT2D eigenvalue weighted by Gasteiger charge is -2.34. The van der Waals surface area contributed by atoms with Crippen LogP contribution in [0.5, 0.6) is 0 Å². The van der Waals surface area contributed by atoms with Crippen molar-refractivity contribution >= 4 is 180 Å². The summed E-state index contributed by atoms with van der Waals surface area (Å²) in [6.07, 6.45) is 0.678. The van der Waals surface area contributed by atoms with Crippen LogP contribution in [0.1, 0.15) is 108 Å². The van der Waals surface area contributed by atoms with Crippen molar-refractivity contribution in [1.82, 2.24) is 19.6 Å². The average molecular weight is 1220 g/mol. The van der Waals surface area contributed by atoms with Crippen molar-refractivity contribution in [3.8, 4) is 0 Å². The summed E-state index contributed by atoms with van der Waals surface area (Å²) in [5.74, 6) is -3.68. The average Bonchev–Trinajstić information content (AvgIpc) is 0.747. The highest BCUT2D eigenvalue weighted by molar-refractivity contribution is 6.44. The van der Waals surface area contributed by atoms with Gasteiger partial charge in [0.15, 0.2) is 0 Å². The molecule has 12 aromatic carbocycles. The standard InChI is InChI=1S/C70H42Cl4N4O9/c1-31(77-67(83)49-19-11-41-37-7-15-45-59-46(64(80)75(63(45)79)25-23-33-3-5-35(71)27-53(33)73)16-8-38(55(37)59)42-12-20-50(68(77)84)61(49)57(41)42)29-87-30-32(2)78-69(85)51-21-13-43-39-9-17-47-60-48(66(82)76(65(47)81)26-24-34-4-6-36(72)28-54(34)74)18-10-40(56(39)60)44-14-22-52(70(78)86)62(51)58(43)44/h3-22,27-28,31-32H,23-26,29-30H2,1-2H3. The first kappa shape index (κ1) is 53.4. The number of rotatable bonds is 12. The topological polar surface area (TPSA) is 159 Å². The third kappa shape index (κ3) is 7.44. The van der Waals surface area contributed by atoms with Gasteiger partial charge in [-0.05, 0) is 175 Å². The number of amides is 8. The molecule has 0 radical (unpaired) electrons. The molecule has 4 heterocycles. The van der Waals surface area contributed by atoms with Crippen LogP contribution in [0.3, 0.4) is 0 Å². The van der Waals surface area contributed by atoms with E-state index in [-0.39, 0.29) is 26.3 Å². The van der Waals surface area contributed by atoms with Crippen LogP contribution in [-0.4, -0.2) is 105 Å². The molecule has 0 aliphatic carbocycles. The molecule has 0 aromatic heterocycles. The molecule has 2 unspecified atom stereocenters. The van der Waals surface area contributed by atoms with Crippen LogP contribution in [0.15, 0.2) is 133 Å². The summed E-state index contributed by atoms with van der Waals surface area (Å²) in [5.41, 5.74) is 4.42. The van der Waals surface area contributed by atoms with Crippen LogP contribution < -0.4 is 0 Å². The molecule has 12 aromatic rings. The number of hydrogen-bond acceptors (Lipinski definition) is 9. The predicted molar refractivity (Wildman–Crippen MR) is 337 cm³/mol. The van der Waals surface area contributed by atoms with Gasteiger partial charge in [-0.25, -0.2) is 0 Å². The molecule has 0 saturated heterocycles. The van der Waals surface area contributed by atoms with Crippen molar-refractivity contribution in [2.45, 2.75) is 38.8 Å². The van der Waals surface area contributed by atoms with E-state index in [1.54, 1.807) is 98.8 Å². The second-order valence-corrected chi connectivity index (χ2v) is 24.7. The molecule has 4 aliphatic rings. The lowest BCUT2D eigenvalue weighted by molar-refractivity contribution is 0.0235. The normalized spacial score (nSPS) is 15.8. The fourth-order valence-corrected chi connectivity index (χ4v) is 15.4. The Hall–Kier alpha value is -9.08. The number of carbonyl (C=O) groups is 8. The van der Waals surface area contributed by atoms with Gasteiger partial charge in [0.05, 0.1) is 25.3 Å². The van der Waals surface area contributed by atoms with E-state index in [2.05, 4.69) is 0 Å². The molecule has 0 N–H and O–H groups in total. The zero-order chi connectivity index (χ0) is 59.9. The van der Waals surface area contributed by atoms with E-state index in [4.69, 9.17) is 51.1 Å². The largest absolute Gasteiger partial charge is 0.377 e. The Morgan fingerprint density at radius 1 is 0.322 bits per heavy atom. The fraction of sp³-hybridized carbons (Fsp3) is 0.143. The van der Waals surface area contributed by atoms with E-state index in [1.807, 2.05) is 48.5 Å². The minimum atomic E-state index is -0.768. The highest BCUT2D eigenvalue weighted by Gasteiger charge is 2.42. The molecule has 0 saturated carbocycles. The van der Waals surface area contributed by atoms with Crippen molar-refractivity contribution in [2.75, 3.05) is 26.3 Å². The number of ether oxygens (including phenoxy) is 1. The number of imide groups is 4. The maximum absolute atomic E-state index is 14.7. The monoisotopic (exact) mass is 1220 g/mol. The van der Waals surface area contributed by atoms with E-state index in [0.29, 0.717) is 110 Å². The van der Waals surface area contributed by atoms with Crippen molar-refractivity contribution in [3.05, 3.63) is 209 Å². The molecule has 4 aliphatic heterocycles. The summed E-state index contributed by atoms with van der Waals surface area (Å²) in [4.78, 5) is 120. The van der Waals surface area contributed by atoms with E-state index in [1.165, 1.54) is 19.6 Å². The van der Waals surface area contributed by atoms with Crippen LogP contribution in [0.25, 0.3) is 86.2 Å². The molecule has 8 amide bonds. The van der Waals surface area contributed by atoms with E-state index >= 15 is 0 Å². The van der Waals surface area contributed by atoms with Gasteiger partial charge in [-0.2, -0.15) is 0 Å². The van der Waals surface area contributed by atoms with Crippen LogP contribution >= 0.6 is 46.4 Å². The second kappa shape index (κ2) is 19.2. The Labute approximate surface area is 513 Å². The number of halogens is 4. The Bertz CT molecular complexity index is 4730. The van der Waals surface area contributed by atoms with E-state index in [0.717, 1.165) is 65.0 Å². The molecule has 0 spiro atoms. The van der Waals surface area contributed by atoms with Crippen LogP contribution in [0.4, 0.5) is 0 Å². The lowest BCUT2D eigenvalue weighted by atomic mass is 9.82. The number of carbonyl (C=O) groups excluding carboxylic acids is 8. The molecular weight excluding hydrogens is 1180 g/mol. The molecule has 424 valence electrons. The first-order chi connectivity index (χ1) is 42.0. The van der Waals surface area contributed by atoms with E-state index < -0.39 is 59.3 Å². The highest BCUT2D eigenvalue weighted by atomic mass is 35.5. The van der Waals surface area contributed by atoms with Gasteiger partial charge in [-0.3, -0.25) is 58.0 Å². The molecule has 13 nitrogen and oxygen atoms in total. The summed E-state index contributed by atoms with van der Waals surface area (Å²) in [6.45, 7) is 3.45. The number of hydrogen-bond donors (Lipinski definition) is 0. The zero-order valence-electron chi connectivity index (χ0n) is 46.1. The van der Waals surface area contributed by atoms with Crippen molar-refractivity contribution in [2.24, 2.45) is 0 Å². The molecule has 0 bridgehead atoms. The fourth-order valence-electron chi connectivity index (χ4n) is 14.4. The molecule has 2 atom stereocenters. The third-order valence-electron chi connectivity index (χ3n) is 18.3.